The lowest BCUT2D eigenvalue weighted by Gasteiger charge is -2.32. The van der Waals surface area contributed by atoms with E-state index < -0.39 is 14.0 Å². The Morgan fingerprint density at radius 1 is 0.500 bits per heavy atom. The van der Waals surface area contributed by atoms with Gasteiger partial charge in [-0.05, 0) is 199 Å². The summed E-state index contributed by atoms with van der Waals surface area (Å²) in [5, 5.41) is 5.65. The van der Waals surface area contributed by atoms with E-state index in [9.17, 15) is 14.4 Å². The van der Waals surface area contributed by atoms with Gasteiger partial charge in [-0.25, -0.2) is 0 Å². The zero-order chi connectivity index (χ0) is 49.0. The summed E-state index contributed by atoms with van der Waals surface area (Å²) in [5.41, 5.74) is 6.76. The fraction of sp³-hybridized carbons (Fsp3) is 0.562. The molecule has 3 saturated carbocycles. The van der Waals surface area contributed by atoms with E-state index in [-0.39, 0.29) is 75.5 Å². The van der Waals surface area contributed by atoms with E-state index >= 15 is 0 Å². The molecule has 3 aliphatic carbocycles. The van der Waals surface area contributed by atoms with Crippen molar-refractivity contribution in [3.8, 4) is 0 Å². The number of amides is 2. The number of carbonyl (C=O) groups is 3. The Kier molecular flexibility index (Phi) is 17.7. The second-order valence-corrected chi connectivity index (χ2v) is 22.8. The first-order chi connectivity index (χ1) is 30.5. The summed E-state index contributed by atoms with van der Waals surface area (Å²) in [7, 11) is -1.31. The molecule has 3 aromatic carbocycles. The van der Waals surface area contributed by atoms with Crippen molar-refractivity contribution in [2.45, 2.75) is 155 Å². The van der Waals surface area contributed by atoms with E-state index in [2.05, 4.69) is 42.5 Å². The van der Waals surface area contributed by atoms with Crippen molar-refractivity contribution in [1.82, 2.24) is 0 Å². The van der Waals surface area contributed by atoms with E-state index in [1.165, 1.54) is 0 Å². The van der Waals surface area contributed by atoms with Crippen molar-refractivity contribution in [3.05, 3.63) is 81.7 Å². The van der Waals surface area contributed by atoms with Gasteiger partial charge in [-0.3, -0.25) is 14.4 Å². The summed E-state index contributed by atoms with van der Waals surface area (Å²) in [4.78, 5) is 33.0. The highest BCUT2D eigenvalue weighted by Crippen LogP contribution is 2.43. The van der Waals surface area contributed by atoms with Crippen LogP contribution in [-0.4, -0.2) is 71.8 Å². The van der Waals surface area contributed by atoms with Gasteiger partial charge in [0, 0.05) is 43.8 Å². The molecule has 358 valence electrons. The van der Waals surface area contributed by atoms with E-state index in [4.69, 9.17) is 45.3 Å². The Balaban J connectivity index is 0.000000164. The van der Waals surface area contributed by atoms with Crippen LogP contribution in [0.2, 0.25) is 0 Å². The van der Waals surface area contributed by atoms with Crippen molar-refractivity contribution in [2.24, 2.45) is 17.8 Å². The van der Waals surface area contributed by atoms with Crippen molar-refractivity contribution in [3.63, 3.8) is 0 Å². The van der Waals surface area contributed by atoms with Crippen LogP contribution in [0.25, 0.3) is 0 Å². The Hall–Kier alpha value is -2.73. The molecule has 2 amide bonds. The van der Waals surface area contributed by atoms with Crippen LogP contribution < -0.4 is 21.8 Å². The molecule has 3 aliphatic heterocycles. The second kappa shape index (κ2) is 21.5. The number of halogens is 3. The molecular weight excluding hydrogens is 990 g/mol. The summed E-state index contributed by atoms with van der Waals surface area (Å²) >= 11 is 11.7. The Bertz CT molecular complexity index is 2030. The summed E-state index contributed by atoms with van der Waals surface area (Å²) in [6.45, 7) is 24.4. The number of nitrogen functional groups attached to an aromatic ring is 1. The predicted molar refractivity (Wildman–Crippen MR) is 273 cm³/mol. The lowest BCUT2D eigenvalue weighted by atomic mass is 9.49. The molecular formula is C48H67B3Br2ClN3O9. The molecule has 0 atom stereocenters. The largest absolute Gasteiger partial charge is 0.494 e. The van der Waals surface area contributed by atoms with Crippen molar-refractivity contribution >= 4 is 104 Å². The van der Waals surface area contributed by atoms with Gasteiger partial charge in [0.25, 0.3) is 0 Å². The first-order valence-electron chi connectivity index (χ1n) is 22.8. The van der Waals surface area contributed by atoms with Crippen LogP contribution in [0.4, 0.5) is 17.1 Å². The molecule has 0 unspecified atom stereocenters. The minimum atomic E-state index is -0.476. The van der Waals surface area contributed by atoms with Crippen molar-refractivity contribution < 1.29 is 42.3 Å². The monoisotopic (exact) mass is 1060 g/mol. The third-order valence-corrected chi connectivity index (χ3v) is 14.6. The van der Waals surface area contributed by atoms with Crippen LogP contribution in [-0.2, 0) is 42.3 Å². The average Bonchev–Trinajstić information content (AvgIpc) is 4.07. The topological polar surface area (TPSA) is 157 Å². The van der Waals surface area contributed by atoms with E-state index in [1.54, 1.807) is 0 Å². The normalized spacial score (nSPS) is 22.1. The van der Waals surface area contributed by atoms with Gasteiger partial charge in [0.15, 0.2) is 0 Å². The van der Waals surface area contributed by atoms with Crippen LogP contribution in [0.3, 0.4) is 0 Å². The predicted octanol–water partition coefficient (Wildman–Crippen LogP) is 10.6. The molecule has 6 fully saturated rings. The molecule has 0 aromatic heterocycles. The number of nitrogens with one attached hydrogen (secondary N) is 2. The molecule has 0 bridgehead atoms. The van der Waals surface area contributed by atoms with Gasteiger partial charge in [0.2, 0.25) is 17.1 Å². The quantitative estimate of drug-likeness (QED) is 0.118. The number of carbonyl (C=O) groups excluding carboxylic acids is 3. The number of hydrogen-bond acceptors (Lipinski definition) is 10. The molecule has 0 spiro atoms. The molecule has 3 aromatic rings. The Morgan fingerprint density at radius 3 is 1.06 bits per heavy atom. The van der Waals surface area contributed by atoms with Gasteiger partial charge in [-0.15, -0.1) is 0 Å². The molecule has 18 heteroatoms. The fourth-order valence-corrected chi connectivity index (χ4v) is 6.94. The van der Waals surface area contributed by atoms with Crippen LogP contribution in [0.1, 0.15) is 122 Å². The zero-order valence-corrected chi connectivity index (χ0v) is 44.4. The van der Waals surface area contributed by atoms with Crippen molar-refractivity contribution in [2.75, 3.05) is 16.4 Å². The van der Waals surface area contributed by atoms with E-state index in [0.717, 1.165) is 70.0 Å². The van der Waals surface area contributed by atoms with Crippen molar-refractivity contribution in [1.29, 1.82) is 0 Å². The molecule has 4 N–H and O–H groups in total. The highest BCUT2D eigenvalue weighted by molar-refractivity contribution is 9.10. The molecule has 6 aliphatic rings. The third-order valence-electron chi connectivity index (χ3n) is 13.2. The van der Waals surface area contributed by atoms with Gasteiger partial charge in [0.1, 0.15) is 0 Å². The van der Waals surface area contributed by atoms with Gasteiger partial charge >= 0.3 is 21.1 Å². The lowest BCUT2D eigenvalue weighted by Crippen LogP contribution is -2.41. The second-order valence-electron chi connectivity index (χ2n) is 20.6. The maximum atomic E-state index is 11.7. The third kappa shape index (κ3) is 15.1. The summed E-state index contributed by atoms with van der Waals surface area (Å²) < 4.78 is 38.0. The zero-order valence-electron chi connectivity index (χ0n) is 40.5. The van der Waals surface area contributed by atoms with Gasteiger partial charge in [0.05, 0.1) is 33.6 Å². The van der Waals surface area contributed by atoms with Gasteiger partial charge < -0.3 is 44.3 Å². The summed E-state index contributed by atoms with van der Waals surface area (Å²) in [6.07, 6.45) is 6.14. The maximum absolute atomic E-state index is 11.7. The van der Waals surface area contributed by atoms with Crippen LogP contribution >= 0.6 is 43.5 Å². The highest BCUT2D eigenvalue weighted by atomic mass is 79.9. The van der Waals surface area contributed by atoms with E-state index in [0.29, 0.717) is 0 Å². The molecule has 0 radical (unpaired) electrons. The fourth-order valence-electron chi connectivity index (χ4n) is 6.19. The minimum Gasteiger partial charge on any atom is -0.405 e. The molecule has 9 rings (SSSR count). The number of rotatable bonds is 7. The SMILES string of the molecule is CC1(C)OB(B2OC(C)(C)C(C)(C)O2)OC1(C)C.CC1(C)OB(c2ccc(NC(=O)C3CC3)cc2)OC1(C)C.Nc1ccc(Br)cc1.O=C(Cl)C1CC1.O=C(Nc1ccc(Br)cc1)C1CC1. The maximum Gasteiger partial charge on any atom is 0.494 e. The average molecular weight is 1060 g/mol. The number of nitrogens with two attached hydrogens (primary N) is 1. The van der Waals surface area contributed by atoms with Gasteiger partial charge in [-0.2, -0.15) is 0 Å². The first kappa shape index (κ1) is 54.2. The number of hydrogen-bond donors (Lipinski definition) is 3. The van der Waals surface area contributed by atoms with Crippen LogP contribution in [0.15, 0.2) is 81.7 Å². The number of benzene rings is 3. The first-order valence-corrected chi connectivity index (χ1v) is 24.7. The Morgan fingerprint density at radius 2 is 0.788 bits per heavy atom. The highest BCUT2D eigenvalue weighted by Gasteiger charge is 2.63. The van der Waals surface area contributed by atoms with Crippen LogP contribution in [0, 0.1) is 17.8 Å². The lowest BCUT2D eigenvalue weighted by molar-refractivity contribution is -0.118. The summed E-state index contributed by atoms with van der Waals surface area (Å²) in [6, 6.07) is 22.9. The number of anilines is 3. The summed E-state index contributed by atoms with van der Waals surface area (Å²) in [5.74, 6) is 0.990. The molecule has 12 nitrogen and oxygen atoms in total. The standard InChI is InChI=1S/C16H22BNO3.C12H24B2O4.C10H10BrNO.C6H6BrN.C4H5ClO/c1-15(2)16(3,4)21-17(20-15)12-7-9-13(10-8-12)18-14(19)11-5-6-11;1-9(2)10(3,4)16-13(15-9)14-17-11(5,6)12(7,8)18-14;11-8-3-5-9(6-4-8)12-10(13)7-1-2-7;7-5-1-3-6(8)4-2-5;5-4(6)3-1-2-3/h7-11H,5-6H2,1-4H3,(H,18,19);1-8H3;3-7H,1-2H2,(H,12,13);1-4H,8H2;3H,1-2H2. The Labute approximate surface area is 415 Å². The van der Waals surface area contributed by atoms with E-state index in [1.807, 2.05) is 156 Å². The molecule has 66 heavy (non-hydrogen) atoms. The molecule has 3 saturated heterocycles. The van der Waals surface area contributed by atoms with Crippen LogP contribution in [0.5, 0.6) is 0 Å². The minimum absolute atomic E-state index is 0.124. The van der Waals surface area contributed by atoms with Gasteiger partial charge in [-0.1, -0.05) is 44.0 Å². The smallest absolute Gasteiger partial charge is 0.405 e. The molecule has 3 heterocycles.